The van der Waals surface area contributed by atoms with Crippen molar-refractivity contribution in [2.24, 2.45) is 17.4 Å². The van der Waals surface area contributed by atoms with Crippen LogP contribution in [0.1, 0.15) is 77.2 Å². The van der Waals surface area contributed by atoms with Gasteiger partial charge in [-0.1, -0.05) is 74.4 Å². The van der Waals surface area contributed by atoms with Gasteiger partial charge < -0.3 is 11.5 Å². The van der Waals surface area contributed by atoms with E-state index in [-0.39, 0.29) is 5.91 Å². The molecule has 0 bridgehead atoms. The number of benzene rings is 1. The van der Waals surface area contributed by atoms with Crippen LogP contribution in [-0.4, -0.2) is 12.5 Å². The second-order valence-corrected chi connectivity index (χ2v) is 7.19. The van der Waals surface area contributed by atoms with Gasteiger partial charge in [-0.3, -0.25) is 4.79 Å². The van der Waals surface area contributed by atoms with E-state index in [1.165, 1.54) is 50.5 Å². The number of carbonyl (C=O) groups is 1. The van der Waals surface area contributed by atoms with Crippen molar-refractivity contribution in [3.8, 4) is 0 Å². The Kier molecular flexibility index (Phi) is 18.6. The topological polar surface area (TPSA) is 69.1 Å². The lowest BCUT2D eigenvalue weighted by Crippen LogP contribution is -2.09. The molecule has 0 aliphatic heterocycles. The smallest absolute Gasteiger partial charge is 0.217 e. The van der Waals surface area contributed by atoms with Crippen LogP contribution in [0.3, 0.4) is 0 Å². The molecule has 2 rings (SSSR count). The average molecular weight is 387 g/mol. The fourth-order valence-electron chi connectivity index (χ4n) is 3.07. The quantitative estimate of drug-likeness (QED) is 0.407. The lowest BCUT2D eigenvalue weighted by atomic mass is 10.1. The molecule has 1 aliphatic carbocycles. The molecule has 4 N–H and O–H groups in total. The Morgan fingerprint density at radius 2 is 1.68 bits per heavy atom. The minimum atomic E-state index is -0.209. The molecule has 1 amide bonds. The van der Waals surface area contributed by atoms with Crippen molar-refractivity contribution in [1.82, 2.24) is 0 Å². The zero-order chi connectivity index (χ0) is 20.9. The Labute approximate surface area is 173 Å². The van der Waals surface area contributed by atoms with Crippen molar-refractivity contribution in [3.63, 3.8) is 0 Å². The molecule has 0 saturated heterocycles. The van der Waals surface area contributed by atoms with Crippen LogP contribution < -0.4 is 11.5 Å². The summed E-state index contributed by atoms with van der Waals surface area (Å²) >= 11 is 0. The van der Waals surface area contributed by atoms with Crippen molar-refractivity contribution < 1.29 is 4.79 Å². The van der Waals surface area contributed by atoms with Gasteiger partial charge in [0, 0.05) is 6.42 Å². The van der Waals surface area contributed by atoms with Crippen molar-refractivity contribution in [2.45, 2.75) is 78.1 Å². The van der Waals surface area contributed by atoms with Crippen molar-refractivity contribution >= 4 is 5.91 Å². The number of hydrogen-bond donors (Lipinski definition) is 2. The third kappa shape index (κ3) is 17.5. The van der Waals surface area contributed by atoms with Gasteiger partial charge in [0.2, 0.25) is 5.91 Å². The van der Waals surface area contributed by atoms with Crippen LogP contribution in [0, 0.1) is 5.92 Å². The third-order valence-corrected chi connectivity index (χ3v) is 4.52. The standard InChI is InChI=1S/C16H22.C7H13NO.C2H7N/c1-3-9-15(10-4-1)11-5-2-6-12-16-13-7-8-14-16;1-2-3-4-5-6-7(8)9;1-2-3/h1,3-4,6,9-10,12,16H,2,5,7-8,11,13-14H2;2-3H,4-6H2,1H3,(H2,8,9);2-3H2,1H3/b12-6+;3-2-;. The highest BCUT2D eigenvalue weighted by molar-refractivity contribution is 5.73. The maximum Gasteiger partial charge on any atom is 0.217 e. The normalized spacial score (nSPS) is 13.8. The van der Waals surface area contributed by atoms with Gasteiger partial charge in [-0.2, -0.15) is 0 Å². The Hall–Kier alpha value is -1.87. The van der Waals surface area contributed by atoms with Crippen LogP contribution in [-0.2, 0) is 11.2 Å². The maximum atomic E-state index is 10.2. The number of carbonyl (C=O) groups excluding carboxylic acids is 1. The SMILES string of the molecule is C(=C\C1CCCC1)/CCCc1ccccc1.C/C=C\CCCC(N)=O.CCN. The summed E-state index contributed by atoms with van der Waals surface area (Å²) in [5, 5.41) is 0. The summed E-state index contributed by atoms with van der Waals surface area (Å²) in [5.74, 6) is 0.691. The van der Waals surface area contributed by atoms with Gasteiger partial charge in [-0.15, -0.1) is 0 Å². The highest BCUT2D eigenvalue weighted by atomic mass is 16.1. The molecule has 0 aromatic heterocycles. The van der Waals surface area contributed by atoms with Gasteiger partial charge in [0.05, 0.1) is 0 Å². The van der Waals surface area contributed by atoms with Gasteiger partial charge >= 0.3 is 0 Å². The van der Waals surface area contributed by atoms with Gasteiger partial charge in [0.1, 0.15) is 0 Å². The molecule has 0 radical (unpaired) electrons. The van der Waals surface area contributed by atoms with E-state index in [4.69, 9.17) is 11.5 Å². The van der Waals surface area contributed by atoms with E-state index in [9.17, 15) is 4.79 Å². The minimum Gasteiger partial charge on any atom is -0.370 e. The predicted octanol–water partition coefficient (Wildman–Crippen LogP) is 5.94. The second kappa shape index (κ2) is 19.9. The van der Waals surface area contributed by atoms with E-state index in [1.54, 1.807) is 0 Å². The number of primary amides is 1. The fraction of sp³-hybridized carbons (Fsp3) is 0.560. The summed E-state index contributed by atoms with van der Waals surface area (Å²) in [4.78, 5) is 10.2. The van der Waals surface area contributed by atoms with Gasteiger partial charge in [-0.25, -0.2) is 0 Å². The highest BCUT2D eigenvalue weighted by Gasteiger charge is 2.10. The second-order valence-electron chi connectivity index (χ2n) is 7.19. The van der Waals surface area contributed by atoms with Crippen LogP contribution in [0.2, 0.25) is 0 Å². The summed E-state index contributed by atoms with van der Waals surface area (Å²) in [5.41, 5.74) is 11.2. The lowest BCUT2D eigenvalue weighted by molar-refractivity contribution is -0.118. The number of amides is 1. The van der Waals surface area contributed by atoms with Crippen molar-refractivity contribution in [3.05, 3.63) is 60.2 Å². The Bertz CT molecular complexity index is 517. The summed E-state index contributed by atoms with van der Waals surface area (Å²) in [6.07, 6.45) is 20.7. The first kappa shape index (κ1) is 26.1. The molecule has 1 saturated carbocycles. The highest BCUT2D eigenvalue weighted by Crippen LogP contribution is 2.25. The van der Waals surface area contributed by atoms with Crippen LogP contribution >= 0.6 is 0 Å². The van der Waals surface area contributed by atoms with E-state index in [1.807, 2.05) is 26.0 Å². The monoisotopic (exact) mass is 386 g/mol. The Morgan fingerprint density at radius 1 is 1.07 bits per heavy atom. The Balaban J connectivity index is 0.000000518. The zero-order valence-corrected chi connectivity index (χ0v) is 18.1. The molecule has 0 atom stereocenters. The molecule has 0 heterocycles. The molecule has 1 aromatic rings. The number of aryl methyl sites for hydroxylation is 1. The van der Waals surface area contributed by atoms with Crippen LogP contribution in [0.25, 0.3) is 0 Å². The summed E-state index contributed by atoms with van der Waals surface area (Å²) in [6, 6.07) is 10.8. The first-order chi connectivity index (χ1) is 13.6. The van der Waals surface area contributed by atoms with E-state index < -0.39 is 0 Å². The number of unbranched alkanes of at least 4 members (excludes halogenated alkanes) is 2. The Morgan fingerprint density at radius 3 is 2.25 bits per heavy atom. The average Bonchev–Trinajstić information content (AvgIpc) is 3.20. The summed E-state index contributed by atoms with van der Waals surface area (Å²) < 4.78 is 0. The first-order valence-corrected chi connectivity index (χ1v) is 10.9. The van der Waals surface area contributed by atoms with Crippen LogP contribution in [0.4, 0.5) is 0 Å². The van der Waals surface area contributed by atoms with Gasteiger partial charge in [-0.05, 0) is 69.9 Å². The van der Waals surface area contributed by atoms with E-state index in [0.29, 0.717) is 6.42 Å². The summed E-state index contributed by atoms with van der Waals surface area (Å²) in [7, 11) is 0. The molecule has 158 valence electrons. The largest absolute Gasteiger partial charge is 0.370 e. The molecule has 0 unspecified atom stereocenters. The zero-order valence-electron chi connectivity index (χ0n) is 18.1. The molecule has 3 nitrogen and oxygen atoms in total. The minimum absolute atomic E-state index is 0.209. The van der Waals surface area contributed by atoms with Gasteiger partial charge in [0.15, 0.2) is 0 Å². The summed E-state index contributed by atoms with van der Waals surface area (Å²) in [6.45, 7) is 4.62. The van der Waals surface area contributed by atoms with E-state index in [2.05, 4.69) is 42.5 Å². The van der Waals surface area contributed by atoms with Crippen LogP contribution in [0.5, 0.6) is 0 Å². The van der Waals surface area contributed by atoms with Crippen molar-refractivity contribution in [1.29, 1.82) is 0 Å². The predicted molar refractivity (Wildman–Crippen MR) is 123 cm³/mol. The molecule has 1 fully saturated rings. The molecule has 28 heavy (non-hydrogen) atoms. The number of rotatable bonds is 9. The number of hydrogen-bond acceptors (Lipinski definition) is 2. The fourth-order valence-corrected chi connectivity index (χ4v) is 3.07. The van der Waals surface area contributed by atoms with E-state index in [0.717, 1.165) is 25.3 Å². The molecular weight excluding hydrogens is 344 g/mol. The van der Waals surface area contributed by atoms with Crippen LogP contribution in [0.15, 0.2) is 54.6 Å². The number of nitrogens with two attached hydrogens (primary N) is 2. The van der Waals surface area contributed by atoms with E-state index >= 15 is 0 Å². The molecule has 0 spiro atoms. The van der Waals surface area contributed by atoms with Gasteiger partial charge in [0.25, 0.3) is 0 Å². The molecule has 3 heteroatoms. The molecule has 1 aromatic carbocycles. The van der Waals surface area contributed by atoms with Crippen molar-refractivity contribution in [2.75, 3.05) is 6.54 Å². The number of allylic oxidation sites excluding steroid dienone is 4. The molecule has 1 aliphatic rings. The lowest BCUT2D eigenvalue weighted by Gasteiger charge is -2.01. The first-order valence-electron chi connectivity index (χ1n) is 10.9. The molecular formula is C25H42N2O. The maximum absolute atomic E-state index is 10.2. The third-order valence-electron chi connectivity index (χ3n) is 4.52.